The predicted octanol–water partition coefficient (Wildman–Crippen LogP) is 5.78. The minimum Gasteiger partial charge on any atom is -0.493 e. The fourth-order valence-corrected chi connectivity index (χ4v) is 4.69. The van der Waals surface area contributed by atoms with Crippen molar-refractivity contribution < 1.29 is 14.2 Å². The molecule has 0 unspecified atom stereocenters. The third-order valence-corrected chi connectivity index (χ3v) is 6.30. The van der Waals surface area contributed by atoms with Gasteiger partial charge in [-0.1, -0.05) is 23.7 Å². The monoisotopic (exact) mass is 462 g/mol. The van der Waals surface area contributed by atoms with Crippen LogP contribution in [-0.2, 0) is 11.3 Å². The van der Waals surface area contributed by atoms with Crippen molar-refractivity contribution in [1.29, 1.82) is 0 Å². The molecule has 0 fully saturated rings. The molecule has 0 aliphatic carbocycles. The summed E-state index contributed by atoms with van der Waals surface area (Å²) < 4.78 is 22.3. The minimum atomic E-state index is -0.412. The van der Waals surface area contributed by atoms with E-state index in [2.05, 4.69) is 28.9 Å². The van der Waals surface area contributed by atoms with Crippen LogP contribution in [0.5, 0.6) is 11.5 Å². The van der Waals surface area contributed by atoms with Crippen LogP contribution in [0.4, 0.5) is 0 Å². The van der Waals surface area contributed by atoms with Crippen LogP contribution in [0.3, 0.4) is 0 Å². The molecule has 33 heavy (non-hydrogen) atoms. The third-order valence-electron chi connectivity index (χ3n) is 6.07. The lowest BCUT2D eigenvalue weighted by Gasteiger charge is -2.25. The van der Waals surface area contributed by atoms with Crippen LogP contribution < -0.4 is 9.47 Å². The lowest BCUT2D eigenvalue weighted by molar-refractivity contribution is -0.00171. The van der Waals surface area contributed by atoms with Gasteiger partial charge in [-0.15, -0.1) is 0 Å². The molecule has 0 saturated carbocycles. The zero-order valence-corrected chi connectivity index (χ0v) is 19.3. The molecule has 4 aromatic rings. The van der Waals surface area contributed by atoms with E-state index in [1.165, 1.54) is 0 Å². The number of hydrogen-bond donors (Lipinski definition) is 0. The molecule has 2 aromatic heterocycles. The highest BCUT2D eigenvalue weighted by molar-refractivity contribution is 6.30. The Morgan fingerprint density at radius 3 is 2.70 bits per heavy atom. The average molecular weight is 463 g/mol. The van der Waals surface area contributed by atoms with Gasteiger partial charge in [0.1, 0.15) is 12.2 Å². The number of methoxy groups -OCH3 is 2. The van der Waals surface area contributed by atoms with Gasteiger partial charge in [-0.2, -0.15) is 5.10 Å². The maximum atomic E-state index is 6.87. The first-order valence-corrected chi connectivity index (χ1v) is 11.2. The molecule has 0 bridgehead atoms. The average Bonchev–Trinajstić information content (AvgIpc) is 3.45. The van der Waals surface area contributed by atoms with E-state index in [1.54, 1.807) is 20.4 Å². The fraction of sp³-hybridized carbons (Fsp3) is 0.231. The Morgan fingerprint density at radius 1 is 1.06 bits per heavy atom. The highest BCUT2D eigenvalue weighted by atomic mass is 35.5. The maximum Gasteiger partial charge on any atom is 0.166 e. The van der Waals surface area contributed by atoms with Gasteiger partial charge in [-0.25, -0.2) is 0 Å². The Kier molecular flexibility index (Phi) is 5.87. The molecule has 2 aromatic carbocycles. The molecule has 0 amide bonds. The van der Waals surface area contributed by atoms with Crippen molar-refractivity contribution in [2.75, 3.05) is 14.2 Å². The van der Waals surface area contributed by atoms with Gasteiger partial charge in [0.25, 0.3) is 0 Å². The SMILES string of the molecule is [CH2]c1ccnn1CC[C@H]1O[C@H](c2cccc(OC)c2OC)c2cc(Cl)ccc2-n2cccc21. The smallest absolute Gasteiger partial charge is 0.166 e. The molecule has 169 valence electrons. The van der Waals surface area contributed by atoms with E-state index in [9.17, 15) is 0 Å². The number of benzene rings is 2. The maximum absolute atomic E-state index is 6.87. The lowest BCUT2D eigenvalue weighted by Crippen LogP contribution is -2.14. The van der Waals surface area contributed by atoms with Gasteiger partial charge >= 0.3 is 0 Å². The Hall–Kier alpha value is -3.22. The van der Waals surface area contributed by atoms with Crippen molar-refractivity contribution in [3.05, 3.63) is 101 Å². The Morgan fingerprint density at radius 2 is 1.94 bits per heavy atom. The number of hydrogen-bond acceptors (Lipinski definition) is 4. The zero-order valence-electron chi connectivity index (χ0n) is 18.6. The fourth-order valence-electron chi connectivity index (χ4n) is 4.51. The Balaban J connectivity index is 1.64. The molecule has 7 heteroatoms. The topological polar surface area (TPSA) is 50.4 Å². The van der Waals surface area contributed by atoms with E-state index in [4.69, 9.17) is 25.8 Å². The molecule has 5 rings (SSSR count). The van der Waals surface area contributed by atoms with Gasteiger partial charge in [0.05, 0.1) is 25.6 Å². The Bertz CT molecular complexity index is 1280. The first-order valence-electron chi connectivity index (χ1n) is 10.8. The normalized spacial score (nSPS) is 17.2. The zero-order chi connectivity index (χ0) is 22.9. The lowest BCUT2D eigenvalue weighted by atomic mass is 9.98. The molecule has 2 atom stereocenters. The highest BCUT2D eigenvalue weighted by Gasteiger charge is 2.32. The summed E-state index contributed by atoms with van der Waals surface area (Å²) in [7, 11) is 3.28. The quantitative estimate of drug-likeness (QED) is 0.364. The first-order chi connectivity index (χ1) is 16.1. The molecule has 0 saturated heterocycles. The number of para-hydroxylation sites is 1. The minimum absolute atomic E-state index is 0.198. The number of aromatic nitrogens is 3. The third kappa shape index (κ3) is 3.90. The van der Waals surface area contributed by atoms with Gasteiger partial charge in [0.2, 0.25) is 0 Å². The number of nitrogens with zero attached hydrogens (tertiary/aromatic N) is 3. The van der Waals surface area contributed by atoms with E-state index in [1.807, 2.05) is 53.2 Å². The molecule has 1 radical (unpaired) electrons. The molecule has 1 aliphatic rings. The molecule has 1 aliphatic heterocycles. The number of aryl methyl sites for hydroxylation is 1. The van der Waals surface area contributed by atoms with Crippen molar-refractivity contribution >= 4 is 11.6 Å². The molecular weight excluding hydrogens is 438 g/mol. The van der Waals surface area contributed by atoms with Crippen LogP contribution in [0.15, 0.2) is 67.0 Å². The first kappa shape index (κ1) is 21.6. The van der Waals surface area contributed by atoms with Crippen molar-refractivity contribution in [2.24, 2.45) is 0 Å². The highest BCUT2D eigenvalue weighted by Crippen LogP contribution is 2.46. The number of ether oxygens (including phenoxy) is 3. The van der Waals surface area contributed by atoms with Crippen molar-refractivity contribution in [3.8, 4) is 17.2 Å². The number of rotatable bonds is 6. The summed E-state index contributed by atoms with van der Waals surface area (Å²) in [6.45, 7) is 4.73. The van der Waals surface area contributed by atoms with Crippen molar-refractivity contribution in [3.63, 3.8) is 0 Å². The van der Waals surface area contributed by atoms with Crippen LogP contribution >= 0.6 is 11.6 Å². The van der Waals surface area contributed by atoms with E-state index >= 15 is 0 Å². The number of halogens is 1. The summed E-state index contributed by atoms with van der Waals surface area (Å²) in [5.41, 5.74) is 4.81. The predicted molar refractivity (Wildman–Crippen MR) is 127 cm³/mol. The summed E-state index contributed by atoms with van der Waals surface area (Å²) in [6.07, 6.45) is 3.94. The van der Waals surface area contributed by atoms with Crippen molar-refractivity contribution in [2.45, 2.75) is 25.2 Å². The summed E-state index contributed by atoms with van der Waals surface area (Å²) in [4.78, 5) is 0. The second kappa shape index (κ2) is 8.96. The van der Waals surface area contributed by atoms with Crippen LogP contribution in [0.1, 0.15) is 41.1 Å². The Labute approximate surface area is 198 Å². The number of fused-ring (bicyclic) bond motifs is 3. The summed E-state index contributed by atoms with van der Waals surface area (Å²) in [6, 6.07) is 17.8. The van der Waals surface area contributed by atoms with Crippen molar-refractivity contribution in [1.82, 2.24) is 14.3 Å². The molecular formula is C26H25ClN3O3. The van der Waals surface area contributed by atoms with E-state index in [0.717, 1.165) is 34.6 Å². The summed E-state index contributed by atoms with van der Waals surface area (Å²) in [5.74, 6) is 1.30. The van der Waals surface area contributed by atoms with Gasteiger partial charge < -0.3 is 18.8 Å². The molecule has 3 heterocycles. The standard InChI is InChI=1S/C26H25ClN3O3/c1-17-11-13-28-30(17)15-12-23-22-7-5-14-29(22)21-10-9-18(27)16-20(21)25(33-23)19-6-4-8-24(31-2)26(19)32-3/h4-11,13-14,16,23,25H,1,12,15H2,2-3H3/t23-,25-/m1/s1. The van der Waals surface area contributed by atoms with Gasteiger partial charge in [0.15, 0.2) is 11.5 Å². The summed E-state index contributed by atoms with van der Waals surface area (Å²) >= 11 is 6.46. The van der Waals surface area contributed by atoms with Crippen LogP contribution in [0.2, 0.25) is 5.02 Å². The summed E-state index contributed by atoms with van der Waals surface area (Å²) in [5, 5.41) is 5.03. The largest absolute Gasteiger partial charge is 0.493 e. The molecule has 0 N–H and O–H groups in total. The van der Waals surface area contributed by atoms with E-state index < -0.39 is 6.10 Å². The second-order valence-corrected chi connectivity index (χ2v) is 8.36. The molecule has 6 nitrogen and oxygen atoms in total. The molecule has 0 spiro atoms. The van der Waals surface area contributed by atoms with Gasteiger partial charge in [0, 0.05) is 40.8 Å². The van der Waals surface area contributed by atoms with Crippen LogP contribution in [0.25, 0.3) is 5.69 Å². The van der Waals surface area contributed by atoms with E-state index in [0.29, 0.717) is 23.1 Å². The second-order valence-electron chi connectivity index (χ2n) is 7.93. The van der Waals surface area contributed by atoms with Crippen LogP contribution in [0, 0.1) is 6.92 Å². The van der Waals surface area contributed by atoms with Gasteiger partial charge in [-0.05, 0) is 55.8 Å². The van der Waals surface area contributed by atoms with Crippen LogP contribution in [-0.4, -0.2) is 28.6 Å². The van der Waals surface area contributed by atoms with E-state index in [-0.39, 0.29) is 6.10 Å². The van der Waals surface area contributed by atoms with Gasteiger partial charge in [-0.3, -0.25) is 4.68 Å².